The fourth-order valence-corrected chi connectivity index (χ4v) is 1.98. The van der Waals surface area contributed by atoms with E-state index in [9.17, 15) is 0 Å². The van der Waals surface area contributed by atoms with Crippen LogP contribution < -0.4 is 5.32 Å². The Balaban J connectivity index is 1.86. The first kappa shape index (κ1) is 14.7. The van der Waals surface area contributed by atoms with Crippen molar-refractivity contribution in [3.8, 4) is 11.7 Å². The van der Waals surface area contributed by atoms with Gasteiger partial charge in [0.15, 0.2) is 11.6 Å². The molecule has 0 aliphatic carbocycles. The van der Waals surface area contributed by atoms with Crippen LogP contribution in [0.5, 0.6) is 0 Å². The van der Waals surface area contributed by atoms with E-state index in [4.69, 9.17) is 13.7 Å². The predicted molar refractivity (Wildman–Crippen MR) is 74.0 cm³/mol. The highest BCUT2D eigenvalue weighted by molar-refractivity contribution is 5.42. The SMILES string of the molecule is COC(C)(C)C[C@H](C)NCc1noc(-c2ccco2)n1. The summed E-state index contributed by atoms with van der Waals surface area (Å²) in [5, 5.41) is 7.27. The highest BCUT2D eigenvalue weighted by atomic mass is 16.5. The number of nitrogens with one attached hydrogen (secondary N) is 1. The summed E-state index contributed by atoms with van der Waals surface area (Å²) < 4.78 is 15.8. The summed E-state index contributed by atoms with van der Waals surface area (Å²) in [6.45, 7) is 6.78. The molecule has 0 radical (unpaired) electrons. The van der Waals surface area contributed by atoms with Gasteiger partial charge in [-0.25, -0.2) is 0 Å². The smallest absolute Gasteiger partial charge is 0.293 e. The number of methoxy groups -OCH3 is 1. The highest BCUT2D eigenvalue weighted by Crippen LogP contribution is 2.18. The van der Waals surface area contributed by atoms with E-state index in [1.165, 1.54) is 0 Å². The Morgan fingerprint density at radius 2 is 2.25 bits per heavy atom. The van der Waals surface area contributed by atoms with E-state index in [-0.39, 0.29) is 11.6 Å². The second-order valence-electron chi connectivity index (χ2n) is 5.44. The second-order valence-corrected chi connectivity index (χ2v) is 5.44. The lowest BCUT2D eigenvalue weighted by atomic mass is 10.00. The van der Waals surface area contributed by atoms with Gasteiger partial charge in [-0.1, -0.05) is 5.16 Å². The molecule has 20 heavy (non-hydrogen) atoms. The van der Waals surface area contributed by atoms with Gasteiger partial charge in [-0.05, 0) is 39.3 Å². The summed E-state index contributed by atoms with van der Waals surface area (Å²) in [7, 11) is 1.72. The monoisotopic (exact) mass is 279 g/mol. The van der Waals surface area contributed by atoms with Crippen molar-refractivity contribution in [2.45, 2.75) is 45.4 Å². The Kier molecular flexibility index (Phi) is 4.57. The van der Waals surface area contributed by atoms with Gasteiger partial charge < -0.3 is 19.0 Å². The first-order valence-electron chi connectivity index (χ1n) is 6.65. The largest absolute Gasteiger partial charge is 0.459 e. The minimum atomic E-state index is -0.150. The molecule has 0 aliphatic rings. The number of rotatable bonds is 7. The molecule has 0 fully saturated rings. The number of furan rings is 1. The van der Waals surface area contributed by atoms with Crippen molar-refractivity contribution < 1.29 is 13.7 Å². The van der Waals surface area contributed by atoms with E-state index in [2.05, 4.69) is 36.2 Å². The predicted octanol–water partition coefficient (Wildman–Crippen LogP) is 2.62. The lowest BCUT2D eigenvalue weighted by Gasteiger charge is -2.26. The molecular weight excluding hydrogens is 258 g/mol. The molecule has 6 heteroatoms. The average molecular weight is 279 g/mol. The molecule has 2 rings (SSSR count). The van der Waals surface area contributed by atoms with Crippen LogP contribution in [-0.4, -0.2) is 28.9 Å². The number of ether oxygens (including phenoxy) is 1. The minimum Gasteiger partial charge on any atom is -0.459 e. The lowest BCUT2D eigenvalue weighted by molar-refractivity contribution is 0.00838. The van der Waals surface area contributed by atoms with Gasteiger partial charge in [-0.15, -0.1) is 0 Å². The molecule has 0 bridgehead atoms. The maximum atomic E-state index is 5.41. The quantitative estimate of drug-likeness (QED) is 0.840. The van der Waals surface area contributed by atoms with Crippen molar-refractivity contribution in [1.82, 2.24) is 15.5 Å². The van der Waals surface area contributed by atoms with E-state index < -0.39 is 0 Å². The highest BCUT2D eigenvalue weighted by Gasteiger charge is 2.20. The van der Waals surface area contributed by atoms with Gasteiger partial charge in [0.05, 0.1) is 18.4 Å². The van der Waals surface area contributed by atoms with Gasteiger partial charge in [-0.3, -0.25) is 0 Å². The van der Waals surface area contributed by atoms with Crippen LogP contribution in [0.4, 0.5) is 0 Å². The molecule has 0 amide bonds. The standard InChI is InChI=1S/C14H21N3O3/c1-10(8-14(2,3)18-4)15-9-12-16-13(20-17-12)11-6-5-7-19-11/h5-7,10,15H,8-9H2,1-4H3/t10-/m0/s1. The van der Waals surface area contributed by atoms with Crippen molar-refractivity contribution in [2.75, 3.05) is 7.11 Å². The summed E-state index contributed by atoms with van der Waals surface area (Å²) in [6, 6.07) is 3.86. The second kappa shape index (κ2) is 6.19. The molecule has 0 aromatic carbocycles. The Morgan fingerprint density at radius 3 is 2.90 bits per heavy atom. The number of aromatic nitrogens is 2. The Morgan fingerprint density at radius 1 is 1.45 bits per heavy atom. The van der Waals surface area contributed by atoms with Crippen LogP contribution in [0, 0.1) is 0 Å². The normalized spacial score (nSPS) is 13.6. The number of hydrogen-bond acceptors (Lipinski definition) is 6. The maximum absolute atomic E-state index is 5.41. The van der Waals surface area contributed by atoms with Gasteiger partial charge in [0.2, 0.25) is 0 Å². The summed E-state index contributed by atoms with van der Waals surface area (Å²) in [5.41, 5.74) is -0.150. The molecular formula is C14H21N3O3. The van der Waals surface area contributed by atoms with Crippen molar-refractivity contribution in [2.24, 2.45) is 0 Å². The molecule has 2 aromatic heterocycles. The zero-order valence-corrected chi connectivity index (χ0v) is 12.3. The van der Waals surface area contributed by atoms with Crippen molar-refractivity contribution in [3.05, 3.63) is 24.2 Å². The van der Waals surface area contributed by atoms with Crippen molar-refractivity contribution in [3.63, 3.8) is 0 Å². The van der Waals surface area contributed by atoms with Crippen molar-refractivity contribution in [1.29, 1.82) is 0 Å². The van der Waals surface area contributed by atoms with E-state index in [1.807, 2.05) is 0 Å². The average Bonchev–Trinajstić information content (AvgIpc) is 3.06. The van der Waals surface area contributed by atoms with Gasteiger partial charge >= 0.3 is 0 Å². The van der Waals surface area contributed by atoms with Gasteiger partial charge in [0, 0.05) is 13.2 Å². The van der Waals surface area contributed by atoms with Crippen molar-refractivity contribution >= 4 is 0 Å². The van der Waals surface area contributed by atoms with Gasteiger partial charge in [0.1, 0.15) is 0 Å². The van der Waals surface area contributed by atoms with Gasteiger partial charge in [-0.2, -0.15) is 4.98 Å². The third-order valence-corrected chi connectivity index (χ3v) is 3.16. The topological polar surface area (TPSA) is 73.3 Å². The first-order chi connectivity index (χ1) is 9.50. The third-order valence-electron chi connectivity index (χ3n) is 3.16. The van der Waals surface area contributed by atoms with E-state index in [0.29, 0.717) is 24.0 Å². The summed E-state index contributed by atoms with van der Waals surface area (Å²) >= 11 is 0. The molecule has 1 atom stereocenters. The van der Waals surface area contributed by atoms with Gasteiger partial charge in [0.25, 0.3) is 5.89 Å². The fourth-order valence-electron chi connectivity index (χ4n) is 1.98. The molecule has 0 unspecified atom stereocenters. The number of hydrogen-bond donors (Lipinski definition) is 1. The van der Waals surface area contributed by atoms with Crippen LogP contribution in [0.1, 0.15) is 33.0 Å². The summed E-state index contributed by atoms with van der Waals surface area (Å²) in [6.07, 6.45) is 2.47. The lowest BCUT2D eigenvalue weighted by Crippen LogP contribution is -2.35. The molecule has 2 heterocycles. The summed E-state index contributed by atoms with van der Waals surface area (Å²) in [4.78, 5) is 4.28. The first-order valence-corrected chi connectivity index (χ1v) is 6.65. The van der Waals surface area contributed by atoms with E-state index in [0.717, 1.165) is 6.42 Å². The van der Waals surface area contributed by atoms with E-state index in [1.54, 1.807) is 25.5 Å². The molecule has 0 saturated heterocycles. The zero-order chi connectivity index (χ0) is 14.6. The van der Waals surface area contributed by atoms with Crippen LogP contribution >= 0.6 is 0 Å². The molecule has 0 saturated carbocycles. The third kappa shape index (κ3) is 3.91. The minimum absolute atomic E-state index is 0.150. The molecule has 1 N–H and O–H groups in total. The Hall–Kier alpha value is -1.66. The molecule has 6 nitrogen and oxygen atoms in total. The molecule has 0 aliphatic heterocycles. The Bertz CT molecular complexity index is 520. The Labute approximate surface area is 118 Å². The van der Waals surface area contributed by atoms with Crippen LogP contribution in [-0.2, 0) is 11.3 Å². The van der Waals surface area contributed by atoms with E-state index >= 15 is 0 Å². The van der Waals surface area contributed by atoms with Crippen LogP contribution in [0.15, 0.2) is 27.3 Å². The molecule has 2 aromatic rings. The molecule has 110 valence electrons. The maximum Gasteiger partial charge on any atom is 0.293 e. The molecule has 0 spiro atoms. The fraction of sp³-hybridized carbons (Fsp3) is 0.571. The number of nitrogens with zero attached hydrogens (tertiary/aromatic N) is 2. The van der Waals surface area contributed by atoms with Crippen LogP contribution in [0.2, 0.25) is 0 Å². The zero-order valence-electron chi connectivity index (χ0n) is 12.3. The summed E-state index contributed by atoms with van der Waals surface area (Å²) in [5.74, 6) is 1.59. The van der Waals surface area contributed by atoms with Crippen LogP contribution in [0.3, 0.4) is 0 Å². The van der Waals surface area contributed by atoms with Crippen LogP contribution in [0.25, 0.3) is 11.7 Å².